The zero-order chi connectivity index (χ0) is 15.2. The summed E-state index contributed by atoms with van der Waals surface area (Å²) in [7, 11) is -0.833. The van der Waals surface area contributed by atoms with Gasteiger partial charge >= 0.3 is 8.69 Å². The summed E-state index contributed by atoms with van der Waals surface area (Å²) in [5.74, 6) is 2.20. The van der Waals surface area contributed by atoms with E-state index in [1.807, 2.05) is 0 Å². The van der Waals surface area contributed by atoms with Crippen LogP contribution in [0, 0.1) is 11.8 Å². The molecule has 1 N–H and O–H groups in total. The van der Waals surface area contributed by atoms with Gasteiger partial charge in [0.2, 0.25) is 0 Å². The predicted octanol–water partition coefficient (Wildman–Crippen LogP) is 7.09. The molecule has 0 unspecified atom stereocenters. The van der Waals surface area contributed by atoms with Crippen LogP contribution in [0.25, 0.3) is 0 Å². The van der Waals surface area contributed by atoms with E-state index >= 15 is 0 Å². The van der Waals surface area contributed by atoms with E-state index in [1.54, 1.807) is 25.7 Å². The molecule has 0 spiro atoms. The highest BCUT2D eigenvalue weighted by Crippen LogP contribution is 2.35. The van der Waals surface area contributed by atoms with E-state index in [0.29, 0.717) is 0 Å². The predicted molar refractivity (Wildman–Crippen MR) is 97.9 cm³/mol. The van der Waals surface area contributed by atoms with E-state index in [1.165, 1.54) is 77.0 Å². The minimum atomic E-state index is -0.833. The minimum absolute atomic E-state index is 0. The van der Waals surface area contributed by atoms with Gasteiger partial charge in [-0.1, -0.05) is 103 Å². The molecule has 132 valence electrons. The van der Waals surface area contributed by atoms with Gasteiger partial charge in [0.05, 0.1) is 0 Å². The zero-order valence-corrected chi connectivity index (χ0v) is 15.9. The lowest BCUT2D eigenvalue weighted by atomic mass is 9.79. The number of rotatable bonds is 1. The van der Waals surface area contributed by atoms with Gasteiger partial charge in [0, 0.05) is 0 Å². The highest BCUT2D eigenvalue weighted by Gasteiger charge is 2.21. The van der Waals surface area contributed by atoms with Crippen LogP contribution >= 0.6 is 21.1 Å². The molecule has 2 rings (SSSR count). The topological polar surface area (TPSA) is 37.3 Å². The van der Waals surface area contributed by atoms with Gasteiger partial charge in [-0.15, -0.1) is 12.4 Å². The van der Waals surface area contributed by atoms with Crippen molar-refractivity contribution in [3.63, 3.8) is 0 Å². The number of hydrogen-bond donors (Lipinski definition) is 1. The first-order valence-corrected chi connectivity index (χ1v) is 10.1. The third kappa shape index (κ3) is 11.0. The van der Waals surface area contributed by atoms with Gasteiger partial charge in [-0.05, 0) is 11.8 Å². The summed E-state index contributed by atoms with van der Waals surface area (Å²) in [4.78, 5) is 6.99. The van der Waals surface area contributed by atoms with Crippen LogP contribution < -0.4 is 0 Å². The minimum Gasteiger partial charge on any atom is -0.310 e. The molecule has 2 aliphatic rings. The van der Waals surface area contributed by atoms with Gasteiger partial charge in [0.15, 0.2) is 0 Å². The highest BCUT2D eigenvalue weighted by molar-refractivity contribution is 7.16. The second kappa shape index (κ2) is 16.2. The van der Waals surface area contributed by atoms with E-state index in [2.05, 4.69) is 0 Å². The summed E-state index contributed by atoms with van der Waals surface area (Å²) < 4.78 is 8.46. The van der Waals surface area contributed by atoms with Gasteiger partial charge in [-0.3, -0.25) is 0 Å². The molecule has 2 nitrogen and oxygen atoms in total. The third-order valence-electron chi connectivity index (χ3n) is 5.47. The Morgan fingerprint density at radius 1 is 0.545 bits per heavy atom. The molecule has 2 saturated carbocycles. The maximum absolute atomic E-state index is 8.46. The third-order valence-corrected chi connectivity index (χ3v) is 5.47. The lowest BCUT2D eigenvalue weighted by molar-refractivity contribution is 0.247. The Hall–Kier alpha value is 0.350. The van der Waals surface area contributed by atoms with Crippen LogP contribution in [0.1, 0.15) is 103 Å². The van der Waals surface area contributed by atoms with Crippen molar-refractivity contribution >= 4 is 21.1 Å². The average molecular weight is 351 g/mol. The van der Waals surface area contributed by atoms with E-state index in [-0.39, 0.29) is 12.4 Å². The SMILES string of the molecule is C1CCCCC(C2CCCCCCCC2)CCC1.Cl.O=PO. The maximum Gasteiger partial charge on any atom is 0.324 e. The molecule has 0 aromatic carbocycles. The molecule has 4 heteroatoms. The molecule has 0 atom stereocenters. The lowest BCUT2D eigenvalue weighted by Gasteiger charge is -2.27. The Kier molecular flexibility index (Phi) is 16.5. The van der Waals surface area contributed by atoms with Crippen LogP contribution in [0.15, 0.2) is 0 Å². The van der Waals surface area contributed by atoms with Crippen LogP contribution in [0.4, 0.5) is 0 Å². The number of hydrogen-bond acceptors (Lipinski definition) is 1. The number of halogens is 1. The van der Waals surface area contributed by atoms with Gasteiger partial charge in [-0.2, -0.15) is 0 Å². The van der Waals surface area contributed by atoms with E-state index in [4.69, 9.17) is 9.46 Å². The molecular weight excluding hydrogens is 315 g/mol. The molecule has 0 aliphatic heterocycles. The molecule has 2 aliphatic carbocycles. The van der Waals surface area contributed by atoms with Crippen LogP contribution in [0.5, 0.6) is 0 Å². The van der Waals surface area contributed by atoms with Crippen molar-refractivity contribution in [1.82, 2.24) is 0 Å². The summed E-state index contributed by atoms with van der Waals surface area (Å²) in [6.07, 6.45) is 24.5. The van der Waals surface area contributed by atoms with E-state index in [9.17, 15) is 0 Å². The quantitative estimate of drug-likeness (QED) is 0.512. The Morgan fingerprint density at radius 2 is 0.727 bits per heavy atom. The summed E-state index contributed by atoms with van der Waals surface area (Å²) in [6.45, 7) is 0. The van der Waals surface area contributed by atoms with Crippen LogP contribution in [0.3, 0.4) is 0 Å². The standard InChI is InChI=1S/C18H34.ClH.HO2P/c1-2-6-10-14-17(13-9-5-1)18-15-11-7-3-4-8-12-16-18;;1-3-2/h17-18H,1-16H2;1H;(H,1,2). The first kappa shape index (κ1) is 22.4. The Morgan fingerprint density at radius 3 is 0.955 bits per heavy atom. The van der Waals surface area contributed by atoms with Gasteiger partial charge in [-0.25, -0.2) is 4.57 Å². The van der Waals surface area contributed by atoms with Crippen LogP contribution in [0.2, 0.25) is 0 Å². The molecule has 0 amide bonds. The molecule has 0 radical (unpaired) electrons. The van der Waals surface area contributed by atoms with Crippen molar-refractivity contribution in [2.75, 3.05) is 0 Å². The Labute approximate surface area is 145 Å². The molecule has 0 heterocycles. The van der Waals surface area contributed by atoms with E-state index in [0.717, 1.165) is 11.8 Å². The van der Waals surface area contributed by atoms with Crippen molar-refractivity contribution < 1.29 is 9.46 Å². The van der Waals surface area contributed by atoms with Crippen molar-refractivity contribution in [3.05, 3.63) is 0 Å². The summed E-state index contributed by atoms with van der Waals surface area (Å²) in [5, 5.41) is 0. The van der Waals surface area contributed by atoms with Crippen molar-refractivity contribution in [3.8, 4) is 0 Å². The monoisotopic (exact) mass is 350 g/mol. The summed E-state index contributed by atoms with van der Waals surface area (Å²) in [6, 6.07) is 0. The largest absolute Gasteiger partial charge is 0.324 e. The van der Waals surface area contributed by atoms with Crippen molar-refractivity contribution in [2.45, 2.75) is 103 Å². The molecule has 0 saturated heterocycles. The summed E-state index contributed by atoms with van der Waals surface area (Å²) in [5.41, 5.74) is 0. The van der Waals surface area contributed by atoms with E-state index < -0.39 is 8.69 Å². The Balaban J connectivity index is 0.00000102. The lowest BCUT2D eigenvalue weighted by Crippen LogP contribution is -2.15. The molecular formula is C18H36ClO2P. The van der Waals surface area contributed by atoms with Crippen LogP contribution in [-0.4, -0.2) is 4.89 Å². The second-order valence-corrected chi connectivity index (χ2v) is 7.16. The molecule has 22 heavy (non-hydrogen) atoms. The molecule has 0 aromatic rings. The average Bonchev–Trinajstić information content (AvgIpc) is 2.70. The van der Waals surface area contributed by atoms with Gasteiger partial charge in [0.25, 0.3) is 0 Å². The van der Waals surface area contributed by atoms with Gasteiger partial charge < -0.3 is 4.89 Å². The fraction of sp³-hybridized carbons (Fsp3) is 1.00. The molecule has 0 aromatic heterocycles. The first-order valence-electron chi connectivity index (χ1n) is 9.35. The van der Waals surface area contributed by atoms with Crippen molar-refractivity contribution in [1.29, 1.82) is 0 Å². The fourth-order valence-corrected chi connectivity index (χ4v) is 4.27. The summed E-state index contributed by atoms with van der Waals surface area (Å²) >= 11 is 0. The first-order chi connectivity index (χ1) is 10.4. The van der Waals surface area contributed by atoms with Gasteiger partial charge in [0.1, 0.15) is 0 Å². The fourth-order valence-electron chi connectivity index (χ4n) is 4.27. The highest BCUT2D eigenvalue weighted by atomic mass is 35.5. The zero-order valence-electron chi connectivity index (χ0n) is 14.2. The van der Waals surface area contributed by atoms with Crippen molar-refractivity contribution in [2.24, 2.45) is 11.8 Å². The maximum atomic E-state index is 8.46. The molecule has 0 bridgehead atoms. The molecule has 2 fully saturated rings. The smallest absolute Gasteiger partial charge is 0.310 e. The normalized spacial score (nSPS) is 23.3. The second-order valence-electron chi connectivity index (χ2n) is 7.00. The van der Waals surface area contributed by atoms with Crippen LogP contribution in [-0.2, 0) is 4.57 Å². The Bertz CT molecular complexity index is 209.